The molecule has 22 heavy (non-hydrogen) atoms. The van der Waals surface area contributed by atoms with Gasteiger partial charge in [-0.05, 0) is 29.3 Å². The molecule has 2 aromatic carbocycles. The Kier molecular flexibility index (Phi) is 4.68. The molecule has 0 radical (unpaired) electrons. The molecule has 0 spiro atoms. The van der Waals surface area contributed by atoms with Crippen molar-refractivity contribution in [1.29, 1.82) is 0 Å². The van der Waals surface area contributed by atoms with E-state index in [-0.39, 0.29) is 5.91 Å². The number of anilines is 1. The fourth-order valence-electron chi connectivity index (χ4n) is 2.57. The maximum absolute atomic E-state index is 11.7. The maximum atomic E-state index is 11.7. The summed E-state index contributed by atoms with van der Waals surface area (Å²) >= 11 is 1.83. The highest BCUT2D eigenvalue weighted by Crippen LogP contribution is 2.29. The first-order valence-corrected chi connectivity index (χ1v) is 8.50. The Morgan fingerprint density at radius 1 is 1.23 bits per heavy atom. The Morgan fingerprint density at radius 3 is 2.82 bits per heavy atom. The number of hydrogen-bond donors (Lipinski definition) is 1. The molecule has 1 amide bonds. The van der Waals surface area contributed by atoms with E-state index in [1.807, 2.05) is 22.7 Å². The van der Waals surface area contributed by atoms with Gasteiger partial charge >= 0.3 is 0 Å². The summed E-state index contributed by atoms with van der Waals surface area (Å²) in [6, 6.07) is 16.8. The SMILES string of the molecule is CC(=O)N1CCSc2ccc(NCc3ccccc3)cc2C1. The number of thioether (sulfide) groups is 1. The van der Waals surface area contributed by atoms with E-state index in [0.717, 1.165) is 24.5 Å². The first-order chi connectivity index (χ1) is 10.7. The summed E-state index contributed by atoms with van der Waals surface area (Å²) in [6.07, 6.45) is 0. The standard InChI is InChI=1S/C18H20N2OS/c1-14(21)20-9-10-22-18-8-7-17(11-16(18)13-20)19-12-15-5-3-2-4-6-15/h2-8,11,19H,9-10,12-13H2,1H3. The van der Waals surface area contributed by atoms with Gasteiger partial charge in [-0.2, -0.15) is 0 Å². The van der Waals surface area contributed by atoms with E-state index in [1.165, 1.54) is 16.0 Å². The second-order valence-corrected chi connectivity index (χ2v) is 6.59. The molecule has 0 bridgehead atoms. The molecule has 2 aromatic rings. The summed E-state index contributed by atoms with van der Waals surface area (Å²) in [6.45, 7) is 3.98. The predicted molar refractivity (Wildman–Crippen MR) is 92.0 cm³/mol. The zero-order chi connectivity index (χ0) is 15.4. The molecule has 0 unspecified atom stereocenters. The van der Waals surface area contributed by atoms with Gasteiger partial charge in [0, 0.05) is 42.9 Å². The molecule has 3 rings (SSSR count). The summed E-state index contributed by atoms with van der Waals surface area (Å²) in [5, 5.41) is 3.46. The lowest BCUT2D eigenvalue weighted by molar-refractivity contribution is -0.129. The topological polar surface area (TPSA) is 32.3 Å². The monoisotopic (exact) mass is 312 g/mol. The van der Waals surface area contributed by atoms with Crippen LogP contribution in [0.2, 0.25) is 0 Å². The molecular formula is C18H20N2OS. The highest BCUT2D eigenvalue weighted by Gasteiger charge is 2.16. The van der Waals surface area contributed by atoms with Crippen molar-refractivity contribution in [3.63, 3.8) is 0 Å². The molecule has 3 nitrogen and oxygen atoms in total. The average molecular weight is 312 g/mol. The van der Waals surface area contributed by atoms with E-state index in [0.29, 0.717) is 6.54 Å². The minimum absolute atomic E-state index is 0.149. The fraction of sp³-hybridized carbons (Fsp3) is 0.278. The van der Waals surface area contributed by atoms with Crippen molar-refractivity contribution < 1.29 is 4.79 Å². The number of hydrogen-bond acceptors (Lipinski definition) is 3. The Morgan fingerprint density at radius 2 is 2.05 bits per heavy atom. The number of amides is 1. The van der Waals surface area contributed by atoms with Crippen molar-refractivity contribution in [3.8, 4) is 0 Å². The first kappa shape index (κ1) is 15.0. The summed E-state index contributed by atoms with van der Waals surface area (Å²) < 4.78 is 0. The molecule has 1 aliphatic rings. The first-order valence-electron chi connectivity index (χ1n) is 7.51. The van der Waals surface area contributed by atoms with Crippen molar-refractivity contribution in [2.24, 2.45) is 0 Å². The van der Waals surface area contributed by atoms with E-state index < -0.39 is 0 Å². The molecule has 0 aromatic heterocycles. The van der Waals surface area contributed by atoms with E-state index in [2.05, 4.69) is 47.8 Å². The number of benzene rings is 2. The smallest absolute Gasteiger partial charge is 0.219 e. The normalized spacial score (nSPS) is 14.1. The van der Waals surface area contributed by atoms with Crippen molar-refractivity contribution in [2.45, 2.75) is 24.9 Å². The minimum Gasteiger partial charge on any atom is -0.381 e. The lowest BCUT2D eigenvalue weighted by Crippen LogP contribution is -2.29. The molecule has 1 aliphatic heterocycles. The molecule has 0 saturated heterocycles. The van der Waals surface area contributed by atoms with Crippen LogP contribution in [0.1, 0.15) is 18.1 Å². The Balaban J connectivity index is 1.73. The number of nitrogens with zero attached hydrogens (tertiary/aromatic N) is 1. The lowest BCUT2D eigenvalue weighted by atomic mass is 10.1. The summed E-state index contributed by atoms with van der Waals surface area (Å²) in [4.78, 5) is 14.9. The molecule has 0 saturated carbocycles. The Labute approximate surface area is 135 Å². The van der Waals surface area contributed by atoms with E-state index in [9.17, 15) is 4.79 Å². The zero-order valence-corrected chi connectivity index (χ0v) is 13.5. The van der Waals surface area contributed by atoms with Crippen LogP contribution in [-0.2, 0) is 17.9 Å². The molecule has 0 atom stereocenters. The second kappa shape index (κ2) is 6.88. The van der Waals surface area contributed by atoms with Crippen molar-refractivity contribution in [1.82, 2.24) is 4.90 Å². The van der Waals surface area contributed by atoms with Crippen LogP contribution >= 0.6 is 11.8 Å². The number of nitrogens with one attached hydrogen (secondary N) is 1. The summed E-state index contributed by atoms with van der Waals surface area (Å²) in [7, 11) is 0. The van der Waals surface area contributed by atoms with Gasteiger partial charge in [-0.3, -0.25) is 4.79 Å². The molecule has 1 heterocycles. The molecule has 0 aliphatic carbocycles. The summed E-state index contributed by atoms with van der Waals surface area (Å²) in [5.74, 6) is 1.11. The van der Waals surface area contributed by atoms with Crippen LogP contribution in [0.5, 0.6) is 0 Å². The number of fused-ring (bicyclic) bond motifs is 1. The molecule has 0 fully saturated rings. The van der Waals surface area contributed by atoms with Crippen molar-refractivity contribution >= 4 is 23.4 Å². The van der Waals surface area contributed by atoms with Gasteiger partial charge in [0.25, 0.3) is 0 Å². The minimum atomic E-state index is 0.149. The largest absolute Gasteiger partial charge is 0.381 e. The maximum Gasteiger partial charge on any atom is 0.219 e. The average Bonchev–Trinajstić information content (AvgIpc) is 2.76. The quantitative estimate of drug-likeness (QED) is 0.937. The number of carbonyl (C=O) groups is 1. The molecule has 4 heteroatoms. The van der Waals surface area contributed by atoms with Crippen LogP contribution in [-0.4, -0.2) is 23.1 Å². The zero-order valence-electron chi connectivity index (χ0n) is 12.7. The van der Waals surface area contributed by atoms with Gasteiger partial charge in [-0.1, -0.05) is 30.3 Å². The van der Waals surface area contributed by atoms with E-state index in [1.54, 1.807) is 6.92 Å². The van der Waals surface area contributed by atoms with Crippen molar-refractivity contribution in [2.75, 3.05) is 17.6 Å². The predicted octanol–water partition coefficient (Wildman–Crippen LogP) is 3.75. The summed E-state index contributed by atoms with van der Waals surface area (Å²) in [5.41, 5.74) is 3.60. The van der Waals surface area contributed by atoms with Gasteiger partial charge < -0.3 is 10.2 Å². The van der Waals surface area contributed by atoms with E-state index in [4.69, 9.17) is 0 Å². The second-order valence-electron chi connectivity index (χ2n) is 5.45. The highest BCUT2D eigenvalue weighted by molar-refractivity contribution is 7.99. The van der Waals surface area contributed by atoms with Gasteiger partial charge in [-0.25, -0.2) is 0 Å². The van der Waals surface area contributed by atoms with Crippen LogP contribution in [0.25, 0.3) is 0 Å². The molecule has 1 N–H and O–H groups in total. The van der Waals surface area contributed by atoms with Gasteiger partial charge in [-0.15, -0.1) is 11.8 Å². The third-order valence-electron chi connectivity index (χ3n) is 3.83. The Bertz CT molecular complexity index is 657. The Hall–Kier alpha value is -1.94. The van der Waals surface area contributed by atoms with Crippen LogP contribution in [0.15, 0.2) is 53.4 Å². The molecule has 114 valence electrons. The van der Waals surface area contributed by atoms with Gasteiger partial charge in [0.2, 0.25) is 5.91 Å². The van der Waals surface area contributed by atoms with E-state index >= 15 is 0 Å². The number of rotatable bonds is 3. The van der Waals surface area contributed by atoms with Crippen LogP contribution < -0.4 is 5.32 Å². The van der Waals surface area contributed by atoms with Gasteiger partial charge in [0.15, 0.2) is 0 Å². The third kappa shape index (κ3) is 3.63. The lowest BCUT2D eigenvalue weighted by Gasteiger charge is -2.18. The third-order valence-corrected chi connectivity index (χ3v) is 4.92. The fourth-order valence-corrected chi connectivity index (χ4v) is 3.58. The van der Waals surface area contributed by atoms with Gasteiger partial charge in [0.1, 0.15) is 0 Å². The van der Waals surface area contributed by atoms with Crippen LogP contribution in [0.4, 0.5) is 5.69 Å². The van der Waals surface area contributed by atoms with Crippen LogP contribution in [0, 0.1) is 0 Å². The van der Waals surface area contributed by atoms with Gasteiger partial charge in [0.05, 0.1) is 0 Å². The number of carbonyl (C=O) groups excluding carboxylic acids is 1. The van der Waals surface area contributed by atoms with Crippen LogP contribution in [0.3, 0.4) is 0 Å². The van der Waals surface area contributed by atoms with Crippen molar-refractivity contribution in [3.05, 3.63) is 59.7 Å². The highest BCUT2D eigenvalue weighted by atomic mass is 32.2. The molecular weight excluding hydrogens is 292 g/mol.